The molecular weight excluding hydrogens is 386 g/mol. The standard InChI is InChI=1S/C21H19N5O2S/c1-13-7-3-5-9-15(13)20-23-17-11-18(27)25-26(17)21(24-20)29-12-19(28)22-16-10-6-4-8-14(16)2/h3-11H,12H2,1-2H3,(H,22,28)(H,25,27). The maximum absolute atomic E-state index is 12.4. The minimum Gasteiger partial charge on any atom is -0.325 e. The van der Waals surface area contributed by atoms with E-state index in [2.05, 4.69) is 20.4 Å². The summed E-state index contributed by atoms with van der Waals surface area (Å²) in [5, 5.41) is 6.09. The number of aryl methyl sites for hydroxylation is 2. The molecule has 29 heavy (non-hydrogen) atoms. The number of thioether (sulfide) groups is 1. The minimum absolute atomic E-state index is 0.147. The van der Waals surface area contributed by atoms with E-state index in [1.165, 1.54) is 22.3 Å². The molecular formula is C21H19N5O2S. The maximum Gasteiger partial charge on any atom is 0.266 e. The molecule has 0 saturated heterocycles. The number of nitrogens with one attached hydrogen (secondary N) is 2. The van der Waals surface area contributed by atoms with Gasteiger partial charge in [-0.05, 0) is 31.0 Å². The lowest BCUT2D eigenvalue weighted by atomic mass is 10.1. The van der Waals surface area contributed by atoms with Gasteiger partial charge in [-0.3, -0.25) is 14.7 Å². The first-order valence-corrected chi connectivity index (χ1v) is 10.0. The second-order valence-electron chi connectivity index (χ2n) is 6.61. The van der Waals surface area contributed by atoms with Crippen molar-refractivity contribution >= 4 is 29.0 Å². The van der Waals surface area contributed by atoms with Crippen LogP contribution >= 0.6 is 11.8 Å². The SMILES string of the molecule is Cc1ccccc1NC(=O)CSc1nc(-c2ccccc2C)nc2cc(=O)[nH]n12. The Hall–Kier alpha value is -3.39. The molecule has 8 heteroatoms. The van der Waals surface area contributed by atoms with Crippen LogP contribution in [0, 0.1) is 13.8 Å². The molecule has 0 saturated carbocycles. The summed E-state index contributed by atoms with van der Waals surface area (Å²) in [5.74, 6) is 0.514. The molecule has 2 N–H and O–H groups in total. The number of rotatable bonds is 5. The number of carbonyl (C=O) groups is 1. The van der Waals surface area contributed by atoms with Gasteiger partial charge in [0.2, 0.25) is 5.91 Å². The lowest BCUT2D eigenvalue weighted by molar-refractivity contribution is -0.113. The van der Waals surface area contributed by atoms with Crippen LogP contribution in [0.2, 0.25) is 0 Å². The van der Waals surface area contributed by atoms with Gasteiger partial charge in [0.15, 0.2) is 16.6 Å². The second kappa shape index (κ2) is 7.92. The Morgan fingerprint density at radius 2 is 1.79 bits per heavy atom. The molecule has 4 rings (SSSR count). The number of para-hydroxylation sites is 1. The highest BCUT2D eigenvalue weighted by atomic mass is 32.2. The van der Waals surface area contributed by atoms with Gasteiger partial charge in [0.1, 0.15) is 0 Å². The van der Waals surface area contributed by atoms with Gasteiger partial charge >= 0.3 is 0 Å². The van der Waals surface area contributed by atoms with Gasteiger partial charge in [0.25, 0.3) is 5.56 Å². The smallest absolute Gasteiger partial charge is 0.266 e. The second-order valence-corrected chi connectivity index (χ2v) is 7.55. The molecule has 0 unspecified atom stereocenters. The lowest BCUT2D eigenvalue weighted by Crippen LogP contribution is -2.15. The van der Waals surface area contributed by atoms with Crippen LogP contribution in [-0.2, 0) is 4.79 Å². The lowest BCUT2D eigenvalue weighted by Gasteiger charge is -2.10. The summed E-state index contributed by atoms with van der Waals surface area (Å²) < 4.78 is 1.51. The van der Waals surface area contributed by atoms with Crippen molar-refractivity contribution in [2.45, 2.75) is 19.0 Å². The zero-order valence-electron chi connectivity index (χ0n) is 16.0. The molecule has 2 aromatic carbocycles. The van der Waals surface area contributed by atoms with Crippen molar-refractivity contribution in [2.24, 2.45) is 0 Å². The summed E-state index contributed by atoms with van der Waals surface area (Å²) in [6.07, 6.45) is 0. The van der Waals surface area contributed by atoms with Crippen LogP contribution in [0.4, 0.5) is 5.69 Å². The number of aromatic nitrogens is 4. The zero-order chi connectivity index (χ0) is 20.4. The van der Waals surface area contributed by atoms with E-state index in [1.807, 2.05) is 62.4 Å². The van der Waals surface area contributed by atoms with Crippen molar-refractivity contribution in [3.05, 3.63) is 76.1 Å². The van der Waals surface area contributed by atoms with E-state index in [4.69, 9.17) is 0 Å². The molecule has 146 valence electrons. The molecule has 2 aromatic heterocycles. The third-order valence-electron chi connectivity index (χ3n) is 4.46. The fourth-order valence-electron chi connectivity index (χ4n) is 2.95. The third kappa shape index (κ3) is 4.07. The van der Waals surface area contributed by atoms with Gasteiger partial charge in [-0.2, -0.15) is 0 Å². The van der Waals surface area contributed by atoms with Crippen LogP contribution < -0.4 is 10.9 Å². The van der Waals surface area contributed by atoms with E-state index >= 15 is 0 Å². The molecule has 2 heterocycles. The summed E-state index contributed by atoms with van der Waals surface area (Å²) >= 11 is 1.24. The van der Waals surface area contributed by atoms with Gasteiger partial charge in [-0.25, -0.2) is 14.5 Å². The summed E-state index contributed by atoms with van der Waals surface area (Å²) in [6, 6.07) is 16.8. The van der Waals surface area contributed by atoms with Gasteiger partial charge in [0, 0.05) is 17.3 Å². The number of benzene rings is 2. The Morgan fingerprint density at radius 1 is 1.07 bits per heavy atom. The van der Waals surface area contributed by atoms with Gasteiger partial charge in [-0.1, -0.05) is 54.2 Å². The number of anilines is 1. The summed E-state index contributed by atoms with van der Waals surface area (Å²) in [6.45, 7) is 3.92. The first kappa shape index (κ1) is 18.9. The van der Waals surface area contributed by atoms with Crippen LogP contribution in [0.3, 0.4) is 0 Å². The van der Waals surface area contributed by atoms with E-state index in [1.54, 1.807) is 0 Å². The molecule has 0 radical (unpaired) electrons. The van der Waals surface area contributed by atoms with Gasteiger partial charge in [0.05, 0.1) is 5.75 Å². The maximum atomic E-state index is 12.4. The van der Waals surface area contributed by atoms with Crippen LogP contribution in [0.1, 0.15) is 11.1 Å². The number of carbonyl (C=O) groups excluding carboxylic acids is 1. The molecule has 7 nitrogen and oxygen atoms in total. The summed E-state index contributed by atoms with van der Waals surface area (Å²) in [7, 11) is 0. The van der Waals surface area contributed by atoms with Gasteiger partial charge < -0.3 is 5.32 Å². The largest absolute Gasteiger partial charge is 0.325 e. The minimum atomic E-state index is -0.271. The number of hydrogen-bond acceptors (Lipinski definition) is 5. The van der Waals surface area contributed by atoms with Crippen molar-refractivity contribution in [3.8, 4) is 11.4 Å². The Labute approximate surface area is 171 Å². The number of amides is 1. The van der Waals surface area contributed by atoms with E-state index in [-0.39, 0.29) is 17.2 Å². The highest BCUT2D eigenvalue weighted by molar-refractivity contribution is 7.99. The molecule has 0 spiro atoms. The molecule has 4 aromatic rings. The van der Waals surface area contributed by atoms with Crippen molar-refractivity contribution in [2.75, 3.05) is 11.1 Å². The third-order valence-corrected chi connectivity index (χ3v) is 5.40. The van der Waals surface area contributed by atoms with Crippen LogP contribution in [0.25, 0.3) is 17.0 Å². The van der Waals surface area contributed by atoms with Crippen molar-refractivity contribution in [3.63, 3.8) is 0 Å². The predicted molar refractivity (Wildman–Crippen MR) is 114 cm³/mol. The zero-order valence-corrected chi connectivity index (χ0v) is 16.8. The predicted octanol–water partition coefficient (Wildman–Crippen LogP) is 3.43. The topological polar surface area (TPSA) is 92.2 Å². The average molecular weight is 405 g/mol. The number of hydrogen-bond donors (Lipinski definition) is 2. The Morgan fingerprint density at radius 3 is 2.55 bits per heavy atom. The first-order chi connectivity index (χ1) is 14.0. The van der Waals surface area contributed by atoms with Crippen molar-refractivity contribution < 1.29 is 4.79 Å². The monoisotopic (exact) mass is 405 g/mol. The van der Waals surface area contributed by atoms with Crippen LogP contribution in [0.5, 0.6) is 0 Å². The number of aromatic amines is 1. The Balaban J connectivity index is 1.62. The molecule has 0 fully saturated rings. The molecule has 0 bridgehead atoms. The van der Waals surface area contributed by atoms with Crippen LogP contribution in [0.15, 0.2) is 64.5 Å². The molecule has 0 aliphatic heterocycles. The highest BCUT2D eigenvalue weighted by Crippen LogP contribution is 2.24. The highest BCUT2D eigenvalue weighted by Gasteiger charge is 2.14. The van der Waals surface area contributed by atoms with Crippen molar-refractivity contribution in [1.29, 1.82) is 0 Å². The van der Waals surface area contributed by atoms with Crippen LogP contribution in [-0.4, -0.2) is 31.2 Å². The van der Waals surface area contributed by atoms with Crippen molar-refractivity contribution in [1.82, 2.24) is 19.6 Å². The quantitative estimate of drug-likeness (QED) is 0.496. The molecule has 0 aliphatic carbocycles. The fraction of sp³-hybridized carbons (Fsp3) is 0.143. The normalized spacial score (nSPS) is 11.0. The summed E-state index contributed by atoms with van der Waals surface area (Å²) in [4.78, 5) is 33.4. The van der Waals surface area contributed by atoms with E-state index in [9.17, 15) is 9.59 Å². The summed E-state index contributed by atoms with van der Waals surface area (Å²) in [5.41, 5.74) is 3.88. The van der Waals surface area contributed by atoms with E-state index in [0.29, 0.717) is 16.6 Å². The Kier molecular flexibility index (Phi) is 5.18. The number of H-pyrrole nitrogens is 1. The molecule has 0 atom stereocenters. The van der Waals surface area contributed by atoms with E-state index in [0.717, 1.165) is 22.4 Å². The first-order valence-electron chi connectivity index (χ1n) is 9.05. The average Bonchev–Trinajstić information content (AvgIpc) is 3.08. The molecule has 0 aliphatic rings. The Bertz CT molecular complexity index is 1260. The molecule has 1 amide bonds. The number of fused-ring (bicyclic) bond motifs is 1. The number of nitrogens with zero attached hydrogens (tertiary/aromatic N) is 3. The fourth-order valence-corrected chi connectivity index (χ4v) is 3.71. The van der Waals surface area contributed by atoms with E-state index < -0.39 is 0 Å². The van der Waals surface area contributed by atoms with Gasteiger partial charge in [-0.15, -0.1) is 0 Å².